The average molecular weight is 289 g/mol. The number of carbonyl (C=O) groups excluding carboxylic acids is 3. The van der Waals surface area contributed by atoms with Gasteiger partial charge in [0, 0.05) is 0 Å². The number of hydrogen-bond acceptors (Lipinski definition) is 6. The molecule has 0 saturated heterocycles. The number of isocyanates is 3. The highest BCUT2D eigenvalue weighted by Crippen LogP contribution is 2.60. The normalized spacial score (nSPS) is 32.4. The van der Waals surface area contributed by atoms with Gasteiger partial charge in [-0.05, 0) is 56.3 Å². The van der Waals surface area contributed by atoms with Gasteiger partial charge < -0.3 is 0 Å². The molecule has 2 aliphatic carbocycles. The van der Waals surface area contributed by atoms with E-state index in [9.17, 15) is 14.4 Å². The molecule has 0 radical (unpaired) electrons. The Hall–Kier alpha value is -1.86. The number of fused-ring (bicyclic) bond motifs is 2. The van der Waals surface area contributed by atoms with E-state index in [0.29, 0.717) is 24.8 Å². The quantitative estimate of drug-likeness (QED) is 0.530. The fourth-order valence-electron chi connectivity index (χ4n) is 4.41. The van der Waals surface area contributed by atoms with E-state index in [0.717, 1.165) is 25.7 Å². The lowest BCUT2D eigenvalue weighted by atomic mass is 9.72. The van der Waals surface area contributed by atoms with Crippen LogP contribution in [0.3, 0.4) is 0 Å². The van der Waals surface area contributed by atoms with Gasteiger partial charge in [0.15, 0.2) is 0 Å². The molecule has 4 unspecified atom stereocenters. The maximum absolute atomic E-state index is 10.7. The molecule has 2 bridgehead atoms. The Morgan fingerprint density at radius 2 is 1.90 bits per heavy atom. The standard InChI is InChI=1S/C15H19N3O3/c1-14(18-11-21,8-17-10-20)7-15-3-2-12(4-15)13(5-15)6-16-9-19/h12-13H,2-8H2,1H3. The van der Waals surface area contributed by atoms with Crippen molar-refractivity contribution in [2.24, 2.45) is 32.2 Å². The molecule has 112 valence electrons. The zero-order valence-electron chi connectivity index (χ0n) is 12.2. The van der Waals surface area contributed by atoms with Gasteiger partial charge in [0.2, 0.25) is 18.2 Å². The molecule has 6 heteroatoms. The summed E-state index contributed by atoms with van der Waals surface area (Å²) in [6.07, 6.45) is 9.70. The van der Waals surface area contributed by atoms with E-state index in [1.165, 1.54) is 6.08 Å². The van der Waals surface area contributed by atoms with Gasteiger partial charge in [-0.15, -0.1) is 0 Å². The molecule has 4 atom stereocenters. The third-order valence-electron chi connectivity index (χ3n) is 5.05. The molecular weight excluding hydrogens is 270 g/mol. The second kappa shape index (κ2) is 6.28. The Labute approximate surface area is 123 Å². The fraction of sp³-hybridized carbons (Fsp3) is 0.800. The lowest BCUT2D eigenvalue weighted by molar-refractivity contribution is 0.188. The van der Waals surface area contributed by atoms with Gasteiger partial charge in [-0.25, -0.2) is 24.4 Å². The van der Waals surface area contributed by atoms with Crippen LogP contribution in [0.1, 0.15) is 39.0 Å². The van der Waals surface area contributed by atoms with Crippen LogP contribution in [-0.4, -0.2) is 36.9 Å². The van der Waals surface area contributed by atoms with E-state index in [4.69, 9.17) is 0 Å². The number of rotatable bonds is 7. The summed E-state index contributed by atoms with van der Waals surface area (Å²) in [6.45, 7) is 2.53. The van der Waals surface area contributed by atoms with Crippen LogP contribution in [0.2, 0.25) is 0 Å². The van der Waals surface area contributed by atoms with E-state index >= 15 is 0 Å². The molecule has 6 nitrogen and oxygen atoms in total. The van der Waals surface area contributed by atoms with Crippen LogP contribution in [0, 0.1) is 17.3 Å². The van der Waals surface area contributed by atoms with Crippen LogP contribution in [0.4, 0.5) is 0 Å². The van der Waals surface area contributed by atoms with Crippen molar-refractivity contribution in [1.29, 1.82) is 0 Å². The smallest absolute Gasteiger partial charge is 0.211 e. The van der Waals surface area contributed by atoms with Gasteiger partial charge in [0.05, 0.1) is 18.6 Å². The maximum Gasteiger partial charge on any atom is 0.235 e. The van der Waals surface area contributed by atoms with Gasteiger partial charge in [-0.3, -0.25) is 0 Å². The van der Waals surface area contributed by atoms with Crippen LogP contribution in [0.15, 0.2) is 15.0 Å². The van der Waals surface area contributed by atoms with Crippen molar-refractivity contribution in [2.75, 3.05) is 13.1 Å². The molecule has 0 aromatic carbocycles. The van der Waals surface area contributed by atoms with Crippen molar-refractivity contribution in [3.63, 3.8) is 0 Å². The van der Waals surface area contributed by atoms with Crippen molar-refractivity contribution >= 4 is 18.2 Å². The second-order valence-electron chi connectivity index (χ2n) is 6.68. The second-order valence-corrected chi connectivity index (χ2v) is 6.68. The van der Waals surface area contributed by atoms with Gasteiger partial charge in [-0.1, -0.05) is 0 Å². The van der Waals surface area contributed by atoms with Crippen LogP contribution in [0.5, 0.6) is 0 Å². The molecule has 2 aliphatic rings. The van der Waals surface area contributed by atoms with Crippen molar-refractivity contribution in [1.82, 2.24) is 0 Å². The molecule has 0 aliphatic heterocycles. The lowest BCUT2D eigenvalue weighted by Crippen LogP contribution is -2.34. The van der Waals surface area contributed by atoms with Crippen LogP contribution >= 0.6 is 0 Å². The highest BCUT2D eigenvalue weighted by molar-refractivity contribution is 5.36. The molecule has 0 N–H and O–H groups in total. The summed E-state index contributed by atoms with van der Waals surface area (Å²) in [7, 11) is 0. The molecular formula is C15H19N3O3. The maximum atomic E-state index is 10.7. The largest absolute Gasteiger partial charge is 0.235 e. The van der Waals surface area contributed by atoms with Gasteiger partial charge in [-0.2, -0.15) is 4.99 Å². The van der Waals surface area contributed by atoms with E-state index in [-0.39, 0.29) is 12.0 Å². The monoisotopic (exact) mass is 289 g/mol. The minimum Gasteiger partial charge on any atom is -0.211 e. The van der Waals surface area contributed by atoms with Gasteiger partial charge in [0.1, 0.15) is 0 Å². The zero-order valence-corrected chi connectivity index (χ0v) is 12.2. The summed E-state index contributed by atoms with van der Waals surface area (Å²) in [5.74, 6) is 1.00. The molecule has 0 aromatic heterocycles. The summed E-state index contributed by atoms with van der Waals surface area (Å²) in [6, 6.07) is 0. The molecule has 0 spiro atoms. The highest BCUT2D eigenvalue weighted by atomic mass is 16.1. The lowest BCUT2D eigenvalue weighted by Gasteiger charge is -2.35. The average Bonchev–Trinajstić information content (AvgIpc) is 3.00. The minimum atomic E-state index is -0.698. The third-order valence-corrected chi connectivity index (χ3v) is 5.05. The summed E-state index contributed by atoms with van der Waals surface area (Å²) in [5.41, 5.74) is -0.585. The predicted octanol–water partition coefficient (Wildman–Crippen LogP) is 1.95. The number of nitrogens with zero attached hydrogens (tertiary/aromatic N) is 3. The number of hydrogen-bond donors (Lipinski definition) is 0. The van der Waals surface area contributed by atoms with Crippen molar-refractivity contribution in [3.05, 3.63) is 0 Å². The fourth-order valence-corrected chi connectivity index (χ4v) is 4.41. The first-order valence-electron chi connectivity index (χ1n) is 7.23. The zero-order chi connectivity index (χ0) is 15.3. The topological polar surface area (TPSA) is 88.3 Å². The van der Waals surface area contributed by atoms with Crippen LogP contribution in [-0.2, 0) is 14.4 Å². The van der Waals surface area contributed by atoms with Gasteiger partial charge in [0.25, 0.3) is 0 Å². The van der Waals surface area contributed by atoms with Crippen molar-refractivity contribution in [3.8, 4) is 0 Å². The molecule has 2 saturated carbocycles. The van der Waals surface area contributed by atoms with E-state index < -0.39 is 5.54 Å². The Balaban J connectivity index is 2.11. The molecule has 2 fully saturated rings. The third kappa shape index (κ3) is 3.43. The summed E-state index contributed by atoms with van der Waals surface area (Å²) >= 11 is 0. The molecule has 0 aromatic rings. The minimum absolute atomic E-state index is 0.112. The Bertz CT molecular complexity index is 544. The van der Waals surface area contributed by atoms with Crippen LogP contribution in [0.25, 0.3) is 0 Å². The van der Waals surface area contributed by atoms with E-state index in [2.05, 4.69) is 15.0 Å². The van der Waals surface area contributed by atoms with E-state index in [1.807, 2.05) is 6.92 Å². The predicted molar refractivity (Wildman–Crippen MR) is 75.0 cm³/mol. The highest BCUT2D eigenvalue weighted by Gasteiger charge is 2.52. The summed E-state index contributed by atoms with van der Waals surface area (Å²) in [5, 5.41) is 0. The summed E-state index contributed by atoms with van der Waals surface area (Å²) < 4.78 is 0. The van der Waals surface area contributed by atoms with Crippen molar-refractivity contribution in [2.45, 2.75) is 44.6 Å². The Morgan fingerprint density at radius 3 is 2.57 bits per heavy atom. The molecule has 0 heterocycles. The first kappa shape index (κ1) is 15.5. The first-order chi connectivity index (χ1) is 10.1. The Morgan fingerprint density at radius 1 is 1.14 bits per heavy atom. The van der Waals surface area contributed by atoms with E-state index in [1.54, 1.807) is 12.2 Å². The molecule has 21 heavy (non-hydrogen) atoms. The van der Waals surface area contributed by atoms with Crippen LogP contribution < -0.4 is 0 Å². The van der Waals surface area contributed by atoms with Crippen molar-refractivity contribution < 1.29 is 14.4 Å². The summed E-state index contributed by atoms with van der Waals surface area (Å²) in [4.78, 5) is 42.5. The first-order valence-corrected chi connectivity index (χ1v) is 7.23. The molecule has 0 amide bonds. The Kier molecular flexibility index (Phi) is 4.64. The van der Waals surface area contributed by atoms with Gasteiger partial charge >= 0.3 is 0 Å². The SMILES string of the molecule is CC(CN=C=O)(CC12CCC(C1)C(CN=C=O)C2)N=C=O. The molecule has 2 rings (SSSR count). The number of aliphatic imine (C=N–C) groups is 3.